The molecule has 0 unspecified atom stereocenters. The minimum atomic E-state index is 0.401. The van der Waals surface area contributed by atoms with Crippen LogP contribution in [0.5, 0.6) is 0 Å². The minimum Gasteiger partial charge on any atom is -0.316 e. The maximum Gasteiger partial charge on any atom is 0.0204 e. The van der Waals surface area contributed by atoms with E-state index in [1.165, 1.54) is 58.0 Å². The van der Waals surface area contributed by atoms with Gasteiger partial charge >= 0.3 is 0 Å². The summed E-state index contributed by atoms with van der Waals surface area (Å²) in [4.78, 5) is 2.67. The summed E-state index contributed by atoms with van der Waals surface area (Å²) in [6, 6.07) is 0.717. The van der Waals surface area contributed by atoms with Crippen molar-refractivity contribution in [3.05, 3.63) is 0 Å². The van der Waals surface area contributed by atoms with Crippen molar-refractivity contribution < 1.29 is 0 Å². The Labute approximate surface area is 108 Å². The van der Waals surface area contributed by atoms with Crippen molar-refractivity contribution in [2.24, 2.45) is 0 Å². The lowest BCUT2D eigenvalue weighted by Crippen LogP contribution is -2.43. The quantitative estimate of drug-likeness (QED) is 0.654. The van der Waals surface area contributed by atoms with Crippen molar-refractivity contribution in [1.29, 1.82) is 0 Å². The molecule has 1 fully saturated rings. The molecule has 0 saturated carbocycles. The average Bonchev–Trinajstić information content (AvgIpc) is 2.78. The molecule has 1 N–H and O–H groups in total. The van der Waals surface area contributed by atoms with Crippen LogP contribution in [-0.4, -0.2) is 36.6 Å². The van der Waals surface area contributed by atoms with Gasteiger partial charge < -0.3 is 5.32 Å². The summed E-state index contributed by atoms with van der Waals surface area (Å²) in [5.74, 6) is 0. The van der Waals surface area contributed by atoms with Crippen molar-refractivity contribution in [2.45, 2.75) is 77.3 Å². The highest BCUT2D eigenvalue weighted by molar-refractivity contribution is 4.90. The van der Waals surface area contributed by atoms with E-state index in [2.05, 4.69) is 38.0 Å². The number of hydrogen-bond acceptors (Lipinski definition) is 2. The molecule has 0 amide bonds. The van der Waals surface area contributed by atoms with Gasteiger partial charge in [-0.2, -0.15) is 0 Å². The first kappa shape index (κ1) is 15.0. The summed E-state index contributed by atoms with van der Waals surface area (Å²) < 4.78 is 0. The normalized spacial score (nSPS) is 22.2. The molecule has 0 radical (unpaired) electrons. The fraction of sp³-hybridized carbons (Fsp3) is 1.00. The van der Waals surface area contributed by atoms with Gasteiger partial charge in [0, 0.05) is 24.7 Å². The van der Waals surface area contributed by atoms with E-state index in [-0.39, 0.29) is 0 Å². The standard InChI is InChI=1S/C15H32N2/c1-5-6-7-8-9-11-15(2,3)17-12-10-14(13-17)16-4/h14,16H,5-13H2,1-4H3/t14-/m0/s1. The van der Waals surface area contributed by atoms with E-state index in [0.29, 0.717) is 5.54 Å². The number of unbranched alkanes of at least 4 members (excludes halogenated alkanes) is 4. The fourth-order valence-corrected chi connectivity index (χ4v) is 2.86. The molecule has 1 aliphatic heterocycles. The summed E-state index contributed by atoms with van der Waals surface area (Å²) in [5.41, 5.74) is 0.401. The molecular weight excluding hydrogens is 208 g/mol. The maximum atomic E-state index is 3.41. The van der Waals surface area contributed by atoms with Gasteiger partial charge in [0.15, 0.2) is 0 Å². The third-order valence-corrected chi connectivity index (χ3v) is 4.34. The Balaban J connectivity index is 2.21. The van der Waals surface area contributed by atoms with E-state index in [9.17, 15) is 0 Å². The van der Waals surface area contributed by atoms with Crippen LogP contribution in [0.4, 0.5) is 0 Å². The number of likely N-dealkylation sites (tertiary alicyclic amines) is 1. The van der Waals surface area contributed by atoms with Crippen LogP contribution >= 0.6 is 0 Å². The number of rotatable bonds is 8. The van der Waals surface area contributed by atoms with Gasteiger partial charge in [-0.1, -0.05) is 39.0 Å². The molecule has 17 heavy (non-hydrogen) atoms. The molecule has 0 aromatic rings. The predicted molar refractivity (Wildman–Crippen MR) is 76.5 cm³/mol. The summed E-state index contributed by atoms with van der Waals surface area (Å²) in [7, 11) is 2.09. The molecule has 0 aliphatic carbocycles. The molecule has 1 atom stereocenters. The Bertz CT molecular complexity index is 201. The fourth-order valence-electron chi connectivity index (χ4n) is 2.86. The molecule has 2 heteroatoms. The smallest absolute Gasteiger partial charge is 0.0204 e. The van der Waals surface area contributed by atoms with Crippen molar-refractivity contribution in [3.63, 3.8) is 0 Å². The Hall–Kier alpha value is -0.0800. The number of nitrogens with one attached hydrogen (secondary N) is 1. The monoisotopic (exact) mass is 240 g/mol. The minimum absolute atomic E-state index is 0.401. The van der Waals surface area contributed by atoms with Crippen LogP contribution in [0.2, 0.25) is 0 Å². The molecule has 0 bridgehead atoms. The average molecular weight is 240 g/mol. The van der Waals surface area contributed by atoms with E-state index < -0.39 is 0 Å². The van der Waals surface area contributed by atoms with Crippen LogP contribution in [0, 0.1) is 0 Å². The van der Waals surface area contributed by atoms with Gasteiger partial charge in [0.05, 0.1) is 0 Å². The SMILES string of the molecule is CCCCCCCC(C)(C)N1CC[C@H](NC)C1. The Morgan fingerprint density at radius 3 is 2.47 bits per heavy atom. The lowest BCUT2D eigenvalue weighted by molar-refractivity contribution is 0.137. The highest BCUT2D eigenvalue weighted by Gasteiger charge is 2.32. The van der Waals surface area contributed by atoms with Gasteiger partial charge in [0.2, 0.25) is 0 Å². The topological polar surface area (TPSA) is 15.3 Å². The highest BCUT2D eigenvalue weighted by atomic mass is 15.2. The van der Waals surface area contributed by atoms with Crippen LogP contribution in [0.25, 0.3) is 0 Å². The number of hydrogen-bond donors (Lipinski definition) is 1. The van der Waals surface area contributed by atoms with E-state index >= 15 is 0 Å². The summed E-state index contributed by atoms with van der Waals surface area (Å²) in [5, 5.41) is 3.41. The van der Waals surface area contributed by atoms with Gasteiger partial charge in [0.1, 0.15) is 0 Å². The molecule has 1 rings (SSSR count). The van der Waals surface area contributed by atoms with E-state index in [0.717, 1.165) is 6.04 Å². The number of nitrogens with zero attached hydrogens (tertiary/aromatic N) is 1. The van der Waals surface area contributed by atoms with Gasteiger partial charge in [-0.15, -0.1) is 0 Å². The molecule has 2 nitrogen and oxygen atoms in total. The molecule has 1 saturated heterocycles. The van der Waals surface area contributed by atoms with E-state index in [1.807, 2.05) is 0 Å². The summed E-state index contributed by atoms with van der Waals surface area (Å²) in [6.45, 7) is 9.63. The molecule has 0 aromatic carbocycles. The molecule has 1 aliphatic rings. The second-order valence-corrected chi connectivity index (χ2v) is 6.20. The highest BCUT2D eigenvalue weighted by Crippen LogP contribution is 2.26. The Morgan fingerprint density at radius 1 is 1.18 bits per heavy atom. The zero-order valence-electron chi connectivity index (χ0n) is 12.4. The van der Waals surface area contributed by atoms with Crippen molar-refractivity contribution in [3.8, 4) is 0 Å². The second-order valence-electron chi connectivity index (χ2n) is 6.20. The molecular formula is C15H32N2. The van der Waals surface area contributed by atoms with Crippen molar-refractivity contribution in [2.75, 3.05) is 20.1 Å². The summed E-state index contributed by atoms with van der Waals surface area (Å²) >= 11 is 0. The lowest BCUT2D eigenvalue weighted by atomic mass is 9.94. The largest absolute Gasteiger partial charge is 0.316 e. The third kappa shape index (κ3) is 4.97. The first-order valence-corrected chi connectivity index (χ1v) is 7.52. The van der Waals surface area contributed by atoms with Crippen LogP contribution in [0.3, 0.4) is 0 Å². The first-order chi connectivity index (χ1) is 8.10. The Kier molecular flexibility index (Phi) is 6.50. The zero-order chi connectivity index (χ0) is 12.7. The lowest BCUT2D eigenvalue weighted by Gasteiger charge is -2.36. The van der Waals surface area contributed by atoms with Gasteiger partial charge in [-0.3, -0.25) is 4.90 Å². The number of likely N-dealkylation sites (N-methyl/N-ethyl adjacent to an activating group) is 1. The van der Waals surface area contributed by atoms with Crippen LogP contribution in [0.15, 0.2) is 0 Å². The van der Waals surface area contributed by atoms with E-state index in [1.54, 1.807) is 0 Å². The molecule has 0 spiro atoms. The maximum absolute atomic E-state index is 3.41. The molecule has 102 valence electrons. The van der Waals surface area contributed by atoms with Gasteiger partial charge in [-0.05, 0) is 33.7 Å². The predicted octanol–water partition coefficient (Wildman–Crippen LogP) is 3.42. The third-order valence-electron chi connectivity index (χ3n) is 4.34. The second kappa shape index (κ2) is 7.38. The van der Waals surface area contributed by atoms with Crippen molar-refractivity contribution >= 4 is 0 Å². The molecule has 1 heterocycles. The molecule has 0 aromatic heterocycles. The first-order valence-electron chi connectivity index (χ1n) is 7.52. The van der Waals surface area contributed by atoms with Crippen LogP contribution in [0.1, 0.15) is 65.7 Å². The van der Waals surface area contributed by atoms with Gasteiger partial charge in [-0.25, -0.2) is 0 Å². The Morgan fingerprint density at radius 2 is 1.88 bits per heavy atom. The van der Waals surface area contributed by atoms with Crippen molar-refractivity contribution in [1.82, 2.24) is 10.2 Å². The van der Waals surface area contributed by atoms with Crippen LogP contribution in [-0.2, 0) is 0 Å². The van der Waals surface area contributed by atoms with Crippen LogP contribution < -0.4 is 5.32 Å². The zero-order valence-corrected chi connectivity index (χ0v) is 12.4. The van der Waals surface area contributed by atoms with Gasteiger partial charge in [0.25, 0.3) is 0 Å². The summed E-state index contributed by atoms with van der Waals surface area (Å²) in [6.07, 6.45) is 9.66. The van der Waals surface area contributed by atoms with E-state index in [4.69, 9.17) is 0 Å².